The number of hydrogen-bond donors (Lipinski definition) is 0. The van der Waals surface area contributed by atoms with Gasteiger partial charge in [0.15, 0.2) is 5.82 Å². The van der Waals surface area contributed by atoms with Crippen LogP contribution in [-0.4, -0.2) is 89.0 Å². The maximum atomic E-state index is 15.3. The first kappa shape index (κ1) is 26.0. The van der Waals surface area contributed by atoms with Gasteiger partial charge in [0.25, 0.3) is 0 Å². The number of piperazine rings is 1. The van der Waals surface area contributed by atoms with Crippen LogP contribution in [0.15, 0.2) is 16.6 Å². The van der Waals surface area contributed by atoms with Gasteiger partial charge in [-0.25, -0.2) is 13.6 Å². The zero-order chi connectivity index (χ0) is 26.4. The van der Waals surface area contributed by atoms with Crippen LogP contribution in [0.1, 0.15) is 51.9 Å². The molecule has 0 unspecified atom stereocenters. The van der Waals surface area contributed by atoms with Gasteiger partial charge in [0.1, 0.15) is 24.1 Å². The van der Waals surface area contributed by atoms with Crippen molar-refractivity contribution in [1.82, 2.24) is 19.8 Å². The predicted octanol–water partition coefficient (Wildman–Crippen LogP) is 5.08. The second kappa shape index (κ2) is 10.4. The molecule has 1 aromatic carbocycles. The van der Waals surface area contributed by atoms with Gasteiger partial charge < -0.3 is 14.4 Å². The van der Waals surface area contributed by atoms with E-state index in [1.807, 2.05) is 11.0 Å². The van der Waals surface area contributed by atoms with Crippen LogP contribution >= 0.6 is 15.9 Å². The van der Waals surface area contributed by atoms with E-state index in [1.54, 1.807) is 6.07 Å². The van der Waals surface area contributed by atoms with Crippen molar-refractivity contribution in [2.45, 2.75) is 75.7 Å². The van der Waals surface area contributed by atoms with Crippen molar-refractivity contribution in [3.63, 3.8) is 0 Å². The molecule has 4 aliphatic rings. The summed E-state index contributed by atoms with van der Waals surface area (Å²) < 4.78 is 41.5. The second-order valence-corrected chi connectivity index (χ2v) is 12.0. The van der Waals surface area contributed by atoms with E-state index in [1.165, 1.54) is 0 Å². The lowest BCUT2D eigenvalue weighted by atomic mass is 9.95. The Labute approximate surface area is 229 Å². The van der Waals surface area contributed by atoms with Gasteiger partial charge in [-0.3, -0.25) is 9.80 Å². The summed E-state index contributed by atoms with van der Waals surface area (Å²) >= 11 is 3.28. The fourth-order valence-corrected chi connectivity index (χ4v) is 7.13. The number of unbranched alkanes of at least 4 members (excludes halogenated alkanes) is 1. The zero-order valence-electron chi connectivity index (χ0n) is 21.7. The Bertz CT molecular complexity index is 1210. The van der Waals surface area contributed by atoms with Gasteiger partial charge in [-0.2, -0.15) is 9.97 Å². The minimum Gasteiger partial charge on any atom is -0.461 e. The molecule has 2 aromatic rings. The lowest BCUT2D eigenvalue weighted by Crippen LogP contribution is -2.56. The first-order valence-electron chi connectivity index (χ1n) is 13.8. The third-order valence-corrected chi connectivity index (χ3v) is 9.28. The van der Waals surface area contributed by atoms with Crippen LogP contribution in [0.25, 0.3) is 10.9 Å². The lowest BCUT2D eigenvalue weighted by Gasteiger charge is -2.41. The van der Waals surface area contributed by atoms with Crippen LogP contribution in [-0.2, 0) is 4.74 Å². The molecule has 206 valence electrons. The van der Waals surface area contributed by atoms with Gasteiger partial charge in [0.2, 0.25) is 0 Å². The van der Waals surface area contributed by atoms with Crippen molar-refractivity contribution in [3.05, 3.63) is 22.4 Å². The Kier molecular flexibility index (Phi) is 7.09. The molecule has 4 saturated heterocycles. The molecule has 6 rings (SSSR count). The van der Waals surface area contributed by atoms with Gasteiger partial charge in [0, 0.05) is 31.4 Å². The number of fused-ring (bicyclic) bond motifs is 4. The monoisotopic (exact) mass is 593 g/mol. The fraction of sp³-hybridized carbons (Fsp3) is 0.667. The van der Waals surface area contributed by atoms with Crippen LogP contribution in [0.3, 0.4) is 0 Å². The summed E-state index contributed by atoms with van der Waals surface area (Å²) in [6.07, 6.45) is 4.80. The van der Waals surface area contributed by atoms with Crippen LogP contribution in [0.4, 0.5) is 19.4 Å². The van der Waals surface area contributed by atoms with E-state index >= 15 is 4.39 Å². The molecule has 4 aliphatic heterocycles. The number of benzene rings is 1. The molecule has 38 heavy (non-hydrogen) atoms. The van der Waals surface area contributed by atoms with E-state index in [9.17, 15) is 9.18 Å². The summed E-state index contributed by atoms with van der Waals surface area (Å²) in [5.41, 5.74) is -0.167. The molecule has 0 radical (unpaired) electrons. The predicted molar refractivity (Wildman–Crippen MR) is 143 cm³/mol. The summed E-state index contributed by atoms with van der Waals surface area (Å²) in [5.74, 6) is 0.130. The number of halogens is 3. The normalized spacial score (nSPS) is 28.8. The molecule has 0 N–H and O–H groups in total. The Balaban J connectivity index is 1.27. The van der Waals surface area contributed by atoms with E-state index in [0.29, 0.717) is 48.3 Å². The first-order chi connectivity index (χ1) is 18.4. The molecule has 1 amide bonds. The molecular formula is C27H34BrF2N5O3. The van der Waals surface area contributed by atoms with Crippen LogP contribution in [0, 0.1) is 5.82 Å². The Morgan fingerprint density at radius 2 is 2.00 bits per heavy atom. The SMILES string of the molecule is CCCCOC(=O)N1[C@@H]2CC[C@H]1CN(c1nc(OC[C@@]34CCCN3C[C@H](F)C4)nc3c(F)c(Br)ccc13)C2. The lowest BCUT2D eigenvalue weighted by molar-refractivity contribution is 0.0776. The van der Waals surface area contributed by atoms with Crippen molar-refractivity contribution in [2.24, 2.45) is 0 Å². The second-order valence-electron chi connectivity index (χ2n) is 11.1. The Morgan fingerprint density at radius 1 is 1.21 bits per heavy atom. The smallest absolute Gasteiger partial charge is 0.410 e. The number of alkyl halides is 1. The highest BCUT2D eigenvalue weighted by molar-refractivity contribution is 9.10. The van der Waals surface area contributed by atoms with Crippen molar-refractivity contribution in [1.29, 1.82) is 0 Å². The van der Waals surface area contributed by atoms with Gasteiger partial charge in [-0.1, -0.05) is 13.3 Å². The van der Waals surface area contributed by atoms with E-state index < -0.39 is 12.0 Å². The fourth-order valence-electron chi connectivity index (χ4n) is 6.81. The van der Waals surface area contributed by atoms with E-state index in [-0.39, 0.29) is 41.8 Å². The number of nitrogens with zero attached hydrogens (tertiary/aromatic N) is 5. The van der Waals surface area contributed by atoms with Gasteiger partial charge in [-0.05, 0) is 66.7 Å². The third-order valence-electron chi connectivity index (χ3n) is 8.67. The van der Waals surface area contributed by atoms with Gasteiger partial charge in [0.05, 0.1) is 28.7 Å². The summed E-state index contributed by atoms with van der Waals surface area (Å²) in [6.45, 7) is 5.22. The summed E-state index contributed by atoms with van der Waals surface area (Å²) in [4.78, 5) is 28.2. The first-order valence-corrected chi connectivity index (χ1v) is 14.6. The van der Waals surface area contributed by atoms with Crippen molar-refractivity contribution in [2.75, 3.05) is 44.3 Å². The standard InChI is InChI=1S/C27H34BrF2N5O3/c1-2-3-11-37-26(36)35-18-5-6-19(35)15-33(14-18)24-20-7-8-21(28)22(30)23(20)31-25(32-24)38-16-27-9-4-10-34(27)13-17(29)12-27/h7-8,17-19H,2-6,9-16H2,1H3/t17-,18-,19+,27+/m1/s1. The molecule has 8 nitrogen and oxygen atoms in total. The molecule has 5 heterocycles. The molecule has 1 aromatic heterocycles. The van der Waals surface area contributed by atoms with Crippen LogP contribution in [0.2, 0.25) is 0 Å². The minimum atomic E-state index is -0.860. The maximum absolute atomic E-state index is 15.3. The van der Waals surface area contributed by atoms with Gasteiger partial charge in [-0.15, -0.1) is 0 Å². The average molecular weight is 595 g/mol. The Hall–Kier alpha value is -2.27. The van der Waals surface area contributed by atoms with Crippen molar-refractivity contribution >= 4 is 38.7 Å². The summed E-state index contributed by atoms with van der Waals surface area (Å²) in [6, 6.07) is 3.58. The van der Waals surface area contributed by atoms with Crippen LogP contribution < -0.4 is 9.64 Å². The molecule has 0 saturated carbocycles. The topological polar surface area (TPSA) is 71.0 Å². The maximum Gasteiger partial charge on any atom is 0.410 e. The summed E-state index contributed by atoms with van der Waals surface area (Å²) in [5, 5.41) is 0.599. The average Bonchev–Trinajstić information content (AvgIpc) is 3.52. The van der Waals surface area contributed by atoms with E-state index in [2.05, 4.69) is 37.6 Å². The number of carbonyl (C=O) groups is 1. The largest absolute Gasteiger partial charge is 0.461 e. The third kappa shape index (κ3) is 4.59. The minimum absolute atomic E-state index is 0.00321. The molecule has 4 atom stereocenters. The molecule has 4 fully saturated rings. The number of ether oxygens (including phenoxy) is 2. The summed E-state index contributed by atoms with van der Waals surface area (Å²) in [7, 11) is 0. The highest BCUT2D eigenvalue weighted by Gasteiger charge is 2.49. The van der Waals surface area contributed by atoms with Crippen molar-refractivity contribution < 1.29 is 23.0 Å². The number of hydrogen-bond acceptors (Lipinski definition) is 7. The molecule has 11 heteroatoms. The molecule has 0 spiro atoms. The zero-order valence-corrected chi connectivity index (χ0v) is 23.3. The highest BCUT2D eigenvalue weighted by atomic mass is 79.9. The number of aromatic nitrogens is 2. The van der Waals surface area contributed by atoms with E-state index in [4.69, 9.17) is 14.5 Å². The molecule has 2 bridgehead atoms. The van der Waals surface area contributed by atoms with E-state index in [0.717, 1.165) is 45.1 Å². The molecule has 0 aliphatic carbocycles. The Morgan fingerprint density at radius 3 is 2.76 bits per heavy atom. The van der Waals surface area contributed by atoms with Gasteiger partial charge >= 0.3 is 12.1 Å². The van der Waals surface area contributed by atoms with Crippen LogP contribution in [0.5, 0.6) is 6.01 Å². The number of carbonyl (C=O) groups excluding carboxylic acids is 1. The number of anilines is 1. The molecular weight excluding hydrogens is 560 g/mol. The highest BCUT2D eigenvalue weighted by Crippen LogP contribution is 2.41. The quantitative estimate of drug-likeness (QED) is 0.415. The number of amides is 1. The van der Waals surface area contributed by atoms with Crippen molar-refractivity contribution in [3.8, 4) is 6.01 Å². The number of rotatable bonds is 7.